The average Bonchev–Trinajstić information content (AvgIpc) is 2.65. The van der Waals surface area contributed by atoms with Crippen molar-refractivity contribution in [2.75, 3.05) is 0 Å². The number of aryl methyl sites for hydroxylation is 2. The van der Waals surface area contributed by atoms with Crippen LogP contribution in [0.4, 0.5) is 0 Å². The lowest BCUT2D eigenvalue weighted by molar-refractivity contribution is -0.0838. The summed E-state index contributed by atoms with van der Waals surface area (Å²) in [5, 5.41) is 19.9. The van der Waals surface area contributed by atoms with E-state index < -0.39 is 43.5 Å². The first-order chi connectivity index (χ1) is 13.5. The molecule has 0 aromatic heterocycles. The standard InChI is InChI=1S/C20H25NO6S2/c1-13-4-8-16(9-5-13)28(24,25)18-12-15(3)21(20(23)19(18)22)29(26,27)17-10-6-14(2)7-11-17/h4-11,15,18-20,22-23H,12H2,1-3H3/t15-,18-,19+,20+/m0/s1. The van der Waals surface area contributed by atoms with Gasteiger partial charge < -0.3 is 10.2 Å². The summed E-state index contributed by atoms with van der Waals surface area (Å²) in [4.78, 5) is 0.00225. The molecular formula is C20H25NO6S2. The molecule has 0 saturated carbocycles. The van der Waals surface area contributed by atoms with E-state index in [0.29, 0.717) is 0 Å². The average molecular weight is 440 g/mol. The van der Waals surface area contributed by atoms with Gasteiger partial charge in [-0.1, -0.05) is 35.4 Å². The van der Waals surface area contributed by atoms with E-state index in [1.54, 1.807) is 24.3 Å². The molecule has 2 N–H and O–H groups in total. The predicted octanol–water partition coefficient (Wildman–Crippen LogP) is 1.61. The summed E-state index contributed by atoms with van der Waals surface area (Å²) in [6.07, 6.45) is -3.80. The molecule has 0 bridgehead atoms. The van der Waals surface area contributed by atoms with Gasteiger partial charge in [0.25, 0.3) is 0 Å². The molecule has 7 nitrogen and oxygen atoms in total. The fourth-order valence-corrected chi connectivity index (χ4v) is 7.20. The van der Waals surface area contributed by atoms with Gasteiger partial charge in [-0.2, -0.15) is 4.31 Å². The van der Waals surface area contributed by atoms with Crippen molar-refractivity contribution in [2.24, 2.45) is 0 Å². The molecule has 0 amide bonds. The number of sulfone groups is 1. The molecule has 2 aromatic carbocycles. The molecule has 29 heavy (non-hydrogen) atoms. The minimum absolute atomic E-state index is 0.0268. The smallest absolute Gasteiger partial charge is 0.245 e. The lowest BCUT2D eigenvalue weighted by Gasteiger charge is -2.43. The zero-order chi connectivity index (χ0) is 21.6. The number of aliphatic hydroxyl groups excluding tert-OH is 2. The number of benzene rings is 2. The normalized spacial score (nSPS) is 26.4. The Hall–Kier alpha value is -1.78. The Morgan fingerprint density at radius 2 is 1.28 bits per heavy atom. The number of sulfonamides is 1. The zero-order valence-corrected chi connectivity index (χ0v) is 18.1. The SMILES string of the molecule is Cc1ccc(S(=O)(=O)[C@H]2C[C@H](C)N(S(=O)(=O)c3ccc(C)cc3)[C@H](O)[C@@H]2O)cc1. The first kappa shape index (κ1) is 21.9. The topological polar surface area (TPSA) is 112 Å². The van der Waals surface area contributed by atoms with Gasteiger partial charge in [0.15, 0.2) is 9.84 Å². The van der Waals surface area contributed by atoms with E-state index in [4.69, 9.17) is 0 Å². The molecule has 0 unspecified atom stereocenters. The predicted molar refractivity (Wildman–Crippen MR) is 108 cm³/mol. The van der Waals surface area contributed by atoms with E-state index in [1.165, 1.54) is 31.2 Å². The van der Waals surface area contributed by atoms with Crippen molar-refractivity contribution >= 4 is 19.9 Å². The van der Waals surface area contributed by atoms with E-state index >= 15 is 0 Å². The fourth-order valence-electron chi connectivity index (χ4n) is 3.61. The molecule has 2 aromatic rings. The Morgan fingerprint density at radius 1 is 0.828 bits per heavy atom. The number of rotatable bonds is 4. The Morgan fingerprint density at radius 3 is 1.76 bits per heavy atom. The highest BCUT2D eigenvalue weighted by Gasteiger charge is 2.50. The lowest BCUT2D eigenvalue weighted by Crippen LogP contribution is -2.61. The Kier molecular flexibility index (Phi) is 5.90. The number of hydrogen-bond acceptors (Lipinski definition) is 6. The highest BCUT2D eigenvalue weighted by Crippen LogP contribution is 2.34. The third-order valence-electron chi connectivity index (χ3n) is 5.30. The van der Waals surface area contributed by atoms with Crippen molar-refractivity contribution in [2.45, 2.75) is 60.6 Å². The molecule has 4 atom stereocenters. The van der Waals surface area contributed by atoms with Crippen molar-refractivity contribution < 1.29 is 27.0 Å². The third kappa shape index (κ3) is 3.97. The van der Waals surface area contributed by atoms with Crippen LogP contribution in [0.5, 0.6) is 0 Å². The number of aliphatic hydroxyl groups is 2. The van der Waals surface area contributed by atoms with E-state index in [9.17, 15) is 27.0 Å². The fraction of sp³-hybridized carbons (Fsp3) is 0.400. The number of nitrogens with zero attached hydrogens (tertiary/aromatic N) is 1. The summed E-state index contributed by atoms with van der Waals surface area (Å²) in [7, 11) is -8.09. The lowest BCUT2D eigenvalue weighted by atomic mass is 10.0. The van der Waals surface area contributed by atoms with Crippen LogP contribution in [0.25, 0.3) is 0 Å². The van der Waals surface area contributed by atoms with Gasteiger partial charge >= 0.3 is 0 Å². The van der Waals surface area contributed by atoms with Crippen molar-refractivity contribution in [3.8, 4) is 0 Å². The molecule has 3 rings (SSSR count). The van der Waals surface area contributed by atoms with E-state index in [1.807, 2.05) is 13.8 Å². The Labute approximate surface area is 171 Å². The summed E-state index contributed by atoms with van der Waals surface area (Å²) in [5.74, 6) is 0. The van der Waals surface area contributed by atoms with Crippen LogP contribution >= 0.6 is 0 Å². The molecule has 158 valence electrons. The molecule has 0 radical (unpaired) electrons. The molecule has 1 fully saturated rings. The summed E-state index contributed by atoms with van der Waals surface area (Å²) in [5.41, 5.74) is 1.76. The molecule has 9 heteroatoms. The van der Waals surface area contributed by atoms with Crippen LogP contribution in [0.1, 0.15) is 24.5 Å². The Balaban J connectivity index is 1.95. The highest BCUT2D eigenvalue weighted by atomic mass is 32.2. The molecule has 1 aliphatic heterocycles. The van der Waals surface area contributed by atoms with Crippen LogP contribution in [0, 0.1) is 13.8 Å². The van der Waals surface area contributed by atoms with E-state index in [0.717, 1.165) is 15.4 Å². The van der Waals surface area contributed by atoms with Gasteiger partial charge in [-0.05, 0) is 51.5 Å². The van der Waals surface area contributed by atoms with Crippen molar-refractivity contribution in [3.05, 3.63) is 59.7 Å². The van der Waals surface area contributed by atoms with Crippen LogP contribution < -0.4 is 0 Å². The second-order valence-electron chi connectivity index (χ2n) is 7.53. The van der Waals surface area contributed by atoms with Gasteiger partial charge in [-0.25, -0.2) is 16.8 Å². The highest BCUT2D eigenvalue weighted by molar-refractivity contribution is 7.92. The number of piperidine rings is 1. The molecular weight excluding hydrogens is 414 g/mol. The van der Waals surface area contributed by atoms with Gasteiger partial charge in [-0.3, -0.25) is 0 Å². The summed E-state index contributed by atoms with van der Waals surface area (Å²) >= 11 is 0. The maximum absolute atomic E-state index is 13.0. The van der Waals surface area contributed by atoms with Crippen LogP contribution in [-0.4, -0.2) is 55.0 Å². The monoisotopic (exact) mass is 439 g/mol. The van der Waals surface area contributed by atoms with Crippen molar-refractivity contribution in [3.63, 3.8) is 0 Å². The van der Waals surface area contributed by atoms with Crippen molar-refractivity contribution in [1.29, 1.82) is 0 Å². The molecule has 0 spiro atoms. The third-order valence-corrected chi connectivity index (χ3v) is 9.50. The quantitative estimate of drug-likeness (QED) is 0.749. The Bertz CT molecular complexity index is 1080. The van der Waals surface area contributed by atoms with Gasteiger partial charge in [0, 0.05) is 6.04 Å². The number of hydrogen-bond donors (Lipinski definition) is 2. The maximum atomic E-state index is 13.0. The van der Waals surface area contributed by atoms with Gasteiger partial charge in [-0.15, -0.1) is 0 Å². The van der Waals surface area contributed by atoms with Crippen LogP contribution in [0.2, 0.25) is 0 Å². The summed E-state index contributed by atoms with van der Waals surface area (Å²) < 4.78 is 52.9. The van der Waals surface area contributed by atoms with E-state index in [-0.39, 0.29) is 16.2 Å². The molecule has 1 saturated heterocycles. The molecule has 0 aliphatic carbocycles. The first-order valence-electron chi connectivity index (χ1n) is 9.23. The second-order valence-corrected chi connectivity index (χ2v) is 11.5. The van der Waals surface area contributed by atoms with E-state index in [2.05, 4.69) is 0 Å². The minimum Gasteiger partial charge on any atom is -0.388 e. The summed E-state index contributed by atoms with van der Waals surface area (Å²) in [6.45, 7) is 5.17. The van der Waals surface area contributed by atoms with Crippen LogP contribution in [-0.2, 0) is 19.9 Å². The van der Waals surface area contributed by atoms with Crippen molar-refractivity contribution in [1.82, 2.24) is 4.31 Å². The minimum atomic E-state index is -4.12. The zero-order valence-electron chi connectivity index (χ0n) is 16.4. The molecule has 1 aliphatic rings. The second kappa shape index (κ2) is 7.81. The maximum Gasteiger partial charge on any atom is 0.245 e. The largest absolute Gasteiger partial charge is 0.388 e. The molecule has 1 heterocycles. The van der Waals surface area contributed by atoms with Gasteiger partial charge in [0.1, 0.15) is 12.3 Å². The summed E-state index contributed by atoms with van der Waals surface area (Å²) in [6, 6.07) is 11.5. The van der Waals surface area contributed by atoms with Crippen LogP contribution in [0.3, 0.4) is 0 Å². The van der Waals surface area contributed by atoms with Gasteiger partial charge in [0.05, 0.1) is 15.0 Å². The van der Waals surface area contributed by atoms with Gasteiger partial charge in [0.2, 0.25) is 10.0 Å². The van der Waals surface area contributed by atoms with Crippen LogP contribution in [0.15, 0.2) is 58.3 Å². The first-order valence-corrected chi connectivity index (χ1v) is 12.2.